The van der Waals surface area contributed by atoms with Crippen LogP contribution in [0, 0.1) is 0 Å². The molecule has 0 aliphatic carbocycles. The maximum absolute atomic E-state index is 5.06. The van der Waals surface area contributed by atoms with Gasteiger partial charge < -0.3 is 5.32 Å². The summed E-state index contributed by atoms with van der Waals surface area (Å²) in [5.41, 5.74) is 12.2. The number of hydrogen-bond acceptors (Lipinski definition) is 3. The number of rotatable bonds is 8. The molecule has 1 heterocycles. The van der Waals surface area contributed by atoms with Crippen molar-refractivity contribution in [1.29, 1.82) is 0 Å². The van der Waals surface area contributed by atoms with Crippen LogP contribution in [0.4, 0.5) is 11.4 Å². The van der Waals surface area contributed by atoms with Crippen molar-refractivity contribution < 1.29 is 0 Å². The van der Waals surface area contributed by atoms with Gasteiger partial charge in [-0.2, -0.15) is 0 Å². The van der Waals surface area contributed by atoms with Gasteiger partial charge in [-0.15, -0.1) is 0 Å². The fourth-order valence-electron chi connectivity index (χ4n) is 5.48. The maximum atomic E-state index is 5.06. The SMILES string of the molecule is C=C(c1cccc(-c2cc(-c3ccc(-c4ccccc4)cc3)nc(-c3ccccc3)n2)c1)c1ccccc1Nc1ccccc1. The second kappa shape index (κ2) is 12.7. The Hall–Kier alpha value is -6.06. The highest BCUT2D eigenvalue weighted by molar-refractivity contribution is 5.87. The van der Waals surface area contributed by atoms with Crippen LogP contribution in [0.1, 0.15) is 11.1 Å². The molecule has 45 heavy (non-hydrogen) atoms. The van der Waals surface area contributed by atoms with Gasteiger partial charge in [0.15, 0.2) is 5.82 Å². The van der Waals surface area contributed by atoms with Crippen molar-refractivity contribution in [2.45, 2.75) is 0 Å². The standard InChI is InChI=1S/C42H31N3/c1-30(38-22-11-12-23-39(38)43-37-20-9-4-10-21-37)35-18-13-19-36(28-35)41-29-40(44-42(45-41)34-16-7-3-8-17-34)33-26-24-32(25-27-33)31-14-5-2-6-15-31/h2-29,43H,1H2. The van der Waals surface area contributed by atoms with Crippen molar-refractivity contribution >= 4 is 16.9 Å². The summed E-state index contributed by atoms with van der Waals surface area (Å²) in [7, 11) is 0. The Morgan fingerprint density at radius 2 is 0.978 bits per heavy atom. The third-order valence-electron chi connectivity index (χ3n) is 7.86. The van der Waals surface area contributed by atoms with Crippen LogP contribution in [0.5, 0.6) is 0 Å². The lowest BCUT2D eigenvalue weighted by Crippen LogP contribution is -1.98. The summed E-state index contributed by atoms with van der Waals surface area (Å²) >= 11 is 0. The molecule has 3 nitrogen and oxygen atoms in total. The van der Waals surface area contributed by atoms with E-state index in [1.54, 1.807) is 0 Å². The second-order valence-corrected chi connectivity index (χ2v) is 10.9. The third-order valence-corrected chi connectivity index (χ3v) is 7.86. The summed E-state index contributed by atoms with van der Waals surface area (Å²) in [6, 6.07) is 58.2. The van der Waals surface area contributed by atoms with E-state index in [2.05, 4.69) is 127 Å². The van der Waals surface area contributed by atoms with Gasteiger partial charge in [-0.05, 0) is 52.6 Å². The van der Waals surface area contributed by atoms with E-state index in [1.807, 2.05) is 54.6 Å². The second-order valence-electron chi connectivity index (χ2n) is 10.9. The molecule has 0 radical (unpaired) electrons. The zero-order valence-corrected chi connectivity index (χ0v) is 24.8. The molecule has 7 rings (SSSR count). The number of nitrogens with one attached hydrogen (secondary N) is 1. The summed E-state index contributed by atoms with van der Waals surface area (Å²) in [5.74, 6) is 0.692. The maximum Gasteiger partial charge on any atom is 0.160 e. The topological polar surface area (TPSA) is 37.8 Å². The Morgan fingerprint density at radius 1 is 0.444 bits per heavy atom. The van der Waals surface area contributed by atoms with Crippen LogP contribution < -0.4 is 5.32 Å². The zero-order valence-electron chi connectivity index (χ0n) is 24.8. The molecule has 0 fully saturated rings. The fourth-order valence-corrected chi connectivity index (χ4v) is 5.48. The molecule has 0 saturated heterocycles. The molecule has 3 heteroatoms. The van der Waals surface area contributed by atoms with Gasteiger partial charge in [0.1, 0.15) is 0 Å². The Labute approximate surface area is 264 Å². The number of hydrogen-bond donors (Lipinski definition) is 1. The molecule has 0 atom stereocenters. The lowest BCUT2D eigenvalue weighted by molar-refractivity contribution is 1.18. The predicted octanol–water partition coefficient (Wildman–Crippen LogP) is 10.9. The summed E-state index contributed by atoms with van der Waals surface area (Å²) in [6.45, 7) is 4.52. The predicted molar refractivity (Wildman–Crippen MR) is 188 cm³/mol. The molecule has 0 spiro atoms. The Kier molecular flexibility index (Phi) is 7.81. The van der Waals surface area contributed by atoms with Gasteiger partial charge in [0.2, 0.25) is 0 Å². The Bertz CT molecular complexity index is 2070. The van der Waals surface area contributed by atoms with Gasteiger partial charge >= 0.3 is 0 Å². The molecule has 214 valence electrons. The van der Waals surface area contributed by atoms with E-state index in [4.69, 9.17) is 9.97 Å². The smallest absolute Gasteiger partial charge is 0.160 e. The molecule has 0 amide bonds. The van der Waals surface area contributed by atoms with E-state index in [0.717, 1.165) is 56.2 Å². The fraction of sp³-hybridized carbons (Fsp3) is 0. The first kappa shape index (κ1) is 27.8. The molecule has 0 saturated carbocycles. The monoisotopic (exact) mass is 577 g/mol. The number of para-hydroxylation sites is 2. The van der Waals surface area contributed by atoms with Crippen LogP contribution in [0.15, 0.2) is 176 Å². The van der Waals surface area contributed by atoms with Crippen LogP contribution in [0.25, 0.3) is 50.6 Å². The first-order chi connectivity index (χ1) is 22.2. The highest BCUT2D eigenvalue weighted by Gasteiger charge is 2.13. The molecule has 1 N–H and O–H groups in total. The minimum atomic E-state index is 0.692. The van der Waals surface area contributed by atoms with Gasteiger partial charge in [-0.1, -0.05) is 146 Å². The van der Waals surface area contributed by atoms with E-state index in [0.29, 0.717) is 5.82 Å². The molecular formula is C42H31N3. The van der Waals surface area contributed by atoms with Gasteiger partial charge in [-0.3, -0.25) is 0 Å². The number of anilines is 2. The average Bonchev–Trinajstić information content (AvgIpc) is 3.13. The normalized spacial score (nSPS) is 10.8. The van der Waals surface area contributed by atoms with Crippen molar-refractivity contribution in [3.8, 4) is 45.0 Å². The quantitative estimate of drug-likeness (QED) is 0.195. The first-order valence-corrected chi connectivity index (χ1v) is 15.0. The molecule has 7 aromatic rings. The van der Waals surface area contributed by atoms with Crippen LogP contribution in [-0.4, -0.2) is 9.97 Å². The summed E-state index contributed by atoms with van der Waals surface area (Å²) < 4.78 is 0. The van der Waals surface area contributed by atoms with Crippen LogP contribution >= 0.6 is 0 Å². The van der Waals surface area contributed by atoms with E-state index in [9.17, 15) is 0 Å². The molecule has 0 bridgehead atoms. The van der Waals surface area contributed by atoms with Gasteiger partial charge in [0, 0.05) is 33.6 Å². The van der Waals surface area contributed by atoms with Crippen molar-refractivity contribution in [2.75, 3.05) is 5.32 Å². The molecular weight excluding hydrogens is 546 g/mol. The molecule has 6 aromatic carbocycles. The van der Waals surface area contributed by atoms with Gasteiger partial charge in [0.25, 0.3) is 0 Å². The third kappa shape index (κ3) is 6.20. The van der Waals surface area contributed by atoms with E-state index < -0.39 is 0 Å². The van der Waals surface area contributed by atoms with Gasteiger partial charge in [-0.25, -0.2) is 9.97 Å². The molecule has 0 aliphatic rings. The molecule has 0 aliphatic heterocycles. The Balaban J connectivity index is 1.26. The van der Waals surface area contributed by atoms with E-state index >= 15 is 0 Å². The average molecular weight is 578 g/mol. The lowest BCUT2D eigenvalue weighted by atomic mass is 9.95. The largest absolute Gasteiger partial charge is 0.355 e. The number of aromatic nitrogens is 2. The summed E-state index contributed by atoms with van der Waals surface area (Å²) in [6.07, 6.45) is 0. The molecule has 0 unspecified atom stereocenters. The minimum absolute atomic E-state index is 0.692. The van der Waals surface area contributed by atoms with Crippen LogP contribution in [0.2, 0.25) is 0 Å². The van der Waals surface area contributed by atoms with Crippen molar-refractivity contribution in [2.24, 2.45) is 0 Å². The van der Waals surface area contributed by atoms with Crippen LogP contribution in [0.3, 0.4) is 0 Å². The highest BCUT2D eigenvalue weighted by Crippen LogP contribution is 2.34. The van der Waals surface area contributed by atoms with E-state index in [1.165, 1.54) is 11.1 Å². The van der Waals surface area contributed by atoms with Crippen LogP contribution in [-0.2, 0) is 0 Å². The number of benzene rings is 6. The lowest BCUT2D eigenvalue weighted by Gasteiger charge is -2.15. The van der Waals surface area contributed by atoms with Crippen molar-refractivity contribution in [1.82, 2.24) is 9.97 Å². The molecule has 1 aromatic heterocycles. The van der Waals surface area contributed by atoms with Gasteiger partial charge in [0.05, 0.1) is 11.4 Å². The first-order valence-electron chi connectivity index (χ1n) is 15.0. The minimum Gasteiger partial charge on any atom is -0.355 e. The number of nitrogens with zero attached hydrogens (tertiary/aromatic N) is 2. The Morgan fingerprint density at radius 3 is 1.69 bits per heavy atom. The van der Waals surface area contributed by atoms with Crippen molar-refractivity contribution in [3.63, 3.8) is 0 Å². The summed E-state index contributed by atoms with van der Waals surface area (Å²) in [5, 5.41) is 3.55. The van der Waals surface area contributed by atoms with E-state index in [-0.39, 0.29) is 0 Å². The zero-order chi connectivity index (χ0) is 30.4. The summed E-state index contributed by atoms with van der Waals surface area (Å²) in [4.78, 5) is 10.1. The highest BCUT2D eigenvalue weighted by atomic mass is 14.9. The van der Waals surface area contributed by atoms with Crippen molar-refractivity contribution in [3.05, 3.63) is 188 Å².